The molecular formula is C16H23NO. The van der Waals surface area contributed by atoms with Gasteiger partial charge in [0.15, 0.2) is 0 Å². The summed E-state index contributed by atoms with van der Waals surface area (Å²) in [6, 6.07) is 6.73. The van der Waals surface area contributed by atoms with Crippen molar-refractivity contribution >= 4 is 0 Å². The number of nitrogens with one attached hydrogen (secondary N) is 1. The van der Waals surface area contributed by atoms with E-state index in [1.54, 1.807) is 0 Å². The summed E-state index contributed by atoms with van der Waals surface area (Å²) in [6.45, 7) is 5.31. The van der Waals surface area contributed by atoms with Gasteiger partial charge >= 0.3 is 0 Å². The highest BCUT2D eigenvalue weighted by molar-refractivity contribution is 5.45. The van der Waals surface area contributed by atoms with E-state index in [1.807, 2.05) is 0 Å². The van der Waals surface area contributed by atoms with Gasteiger partial charge in [-0.3, -0.25) is 0 Å². The van der Waals surface area contributed by atoms with Crippen molar-refractivity contribution in [3.05, 3.63) is 29.3 Å². The van der Waals surface area contributed by atoms with Crippen LogP contribution >= 0.6 is 0 Å². The van der Waals surface area contributed by atoms with Crippen molar-refractivity contribution in [1.82, 2.24) is 5.32 Å². The second-order valence-corrected chi connectivity index (χ2v) is 5.54. The minimum absolute atomic E-state index is 0.720. The Morgan fingerprint density at radius 1 is 1.33 bits per heavy atom. The molecule has 2 atom stereocenters. The van der Waals surface area contributed by atoms with Gasteiger partial charge in [0.05, 0.1) is 6.61 Å². The highest BCUT2D eigenvalue weighted by Crippen LogP contribution is 2.47. The molecule has 1 aromatic rings. The molecular weight excluding hydrogens is 222 g/mol. The van der Waals surface area contributed by atoms with E-state index in [0.29, 0.717) is 0 Å². The van der Waals surface area contributed by atoms with Crippen LogP contribution in [-0.4, -0.2) is 19.7 Å². The van der Waals surface area contributed by atoms with Gasteiger partial charge in [-0.25, -0.2) is 0 Å². The summed E-state index contributed by atoms with van der Waals surface area (Å²) in [7, 11) is 0. The molecule has 1 aliphatic heterocycles. The zero-order valence-electron chi connectivity index (χ0n) is 11.2. The molecule has 0 spiro atoms. The van der Waals surface area contributed by atoms with Crippen LogP contribution in [0.3, 0.4) is 0 Å². The first-order chi connectivity index (χ1) is 8.90. The fourth-order valence-electron chi connectivity index (χ4n) is 3.26. The zero-order valence-corrected chi connectivity index (χ0v) is 11.2. The Morgan fingerprint density at radius 2 is 2.28 bits per heavy atom. The van der Waals surface area contributed by atoms with Crippen molar-refractivity contribution in [3.8, 4) is 5.75 Å². The van der Waals surface area contributed by atoms with Crippen molar-refractivity contribution in [3.63, 3.8) is 0 Å². The summed E-state index contributed by atoms with van der Waals surface area (Å²) in [5.41, 5.74) is 2.90. The highest BCUT2D eigenvalue weighted by Gasteiger charge is 2.34. The Balaban J connectivity index is 1.79. The molecule has 0 bridgehead atoms. The van der Waals surface area contributed by atoms with E-state index in [9.17, 15) is 0 Å². The molecule has 1 fully saturated rings. The van der Waals surface area contributed by atoms with Crippen molar-refractivity contribution in [2.75, 3.05) is 19.7 Å². The van der Waals surface area contributed by atoms with Crippen LogP contribution in [0.15, 0.2) is 18.2 Å². The molecule has 2 unspecified atom stereocenters. The third-order valence-corrected chi connectivity index (χ3v) is 4.44. The van der Waals surface area contributed by atoms with Crippen molar-refractivity contribution in [2.24, 2.45) is 5.92 Å². The van der Waals surface area contributed by atoms with E-state index in [0.717, 1.165) is 31.5 Å². The van der Waals surface area contributed by atoms with Crippen LogP contribution in [0.25, 0.3) is 0 Å². The predicted molar refractivity (Wildman–Crippen MR) is 74.3 cm³/mol. The molecule has 1 heterocycles. The molecule has 2 nitrogen and oxygen atoms in total. The molecule has 0 amide bonds. The average molecular weight is 245 g/mol. The lowest BCUT2D eigenvalue weighted by Crippen LogP contribution is -2.34. The number of ether oxygens (including phenoxy) is 1. The van der Waals surface area contributed by atoms with E-state index >= 15 is 0 Å². The number of rotatable bonds is 4. The van der Waals surface area contributed by atoms with Crippen LogP contribution in [0, 0.1) is 5.92 Å². The van der Waals surface area contributed by atoms with Crippen LogP contribution < -0.4 is 10.1 Å². The maximum Gasteiger partial charge on any atom is 0.125 e. The minimum Gasteiger partial charge on any atom is -0.493 e. The monoisotopic (exact) mass is 245 g/mol. The van der Waals surface area contributed by atoms with Gasteiger partial charge in [-0.15, -0.1) is 0 Å². The summed E-state index contributed by atoms with van der Waals surface area (Å²) in [4.78, 5) is 0. The standard InChI is InChI=1S/C16H23NO/c1-2-17-11-13-8-9-14(13)15-7-3-5-12-6-4-10-18-16(12)15/h3,5,7,13-14,17H,2,4,6,8-11H2,1H3. The minimum atomic E-state index is 0.720. The molecule has 18 heavy (non-hydrogen) atoms. The largest absolute Gasteiger partial charge is 0.493 e. The van der Waals surface area contributed by atoms with Gasteiger partial charge < -0.3 is 10.1 Å². The van der Waals surface area contributed by atoms with Gasteiger partial charge in [0.25, 0.3) is 0 Å². The number of fused-ring (bicyclic) bond motifs is 1. The molecule has 1 N–H and O–H groups in total. The Kier molecular flexibility index (Phi) is 3.55. The normalized spacial score (nSPS) is 26.1. The second-order valence-electron chi connectivity index (χ2n) is 5.54. The van der Waals surface area contributed by atoms with Gasteiger partial charge in [-0.2, -0.15) is 0 Å². The van der Waals surface area contributed by atoms with E-state index in [1.165, 1.54) is 42.6 Å². The third kappa shape index (κ3) is 2.14. The quantitative estimate of drug-likeness (QED) is 0.880. The van der Waals surface area contributed by atoms with Crippen molar-refractivity contribution in [2.45, 2.75) is 38.5 Å². The molecule has 1 saturated carbocycles. The number of para-hydroxylation sites is 1. The SMILES string of the molecule is CCNCC1CCC1c1cccc2c1OCCC2. The lowest BCUT2D eigenvalue weighted by Gasteiger charge is -2.39. The first-order valence-electron chi connectivity index (χ1n) is 7.35. The first kappa shape index (κ1) is 12.0. The van der Waals surface area contributed by atoms with Crippen LogP contribution in [0.1, 0.15) is 43.2 Å². The topological polar surface area (TPSA) is 21.3 Å². The average Bonchev–Trinajstić information content (AvgIpc) is 2.38. The molecule has 98 valence electrons. The predicted octanol–water partition coefficient (Wildman–Crippen LogP) is 3.11. The fraction of sp³-hybridized carbons (Fsp3) is 0.625. The number of benzene rings is 1. The molecule has 0 aromatic heterocycles. The summed E-state index contributed by atoms with van der Waals surface area (Å²) in [5.74, 6) is 2.74. The second kappa shape index (κ2) is 5.31. The molecule has 2 aliphatic rings. The lowest BCUT2D eigenvalue weighted by molar-refractivity contribution is 0.229. The Morgan fingerprint density at radius 3 is 3.06 bits per heavy atom. The number of hydrogen-bond acceptors (Lipinski definition) is 2. The molecule has 0 saturated heterocycles. The molecule has 2 heteroatoms. The number of hydrogen-bond donors (Lipinski definition) is 1. The molecule has 3 rings (SSSR count). The van der Waals surface area contributed by atoms with E-state index < -0.39 is 0 Å². The Labute approximate surface area is 110 Å². The summed E-state index contributed by atoms with van der Waals surface area (Å²) < 4.78 is 5.94. The smallest absolute Gasteiger partial charge is 0.125 e. The Hall–Kier alpha value is -1.02. The van der Waals surface area contributed by atoms with Gasteiger partial charge in [-0.05, 0) is 61.7 Å². The van der Waals surface area contributed by atoms with Gasteiger partial charge in [-0.1, -0.05) is 25.1 Å². The third-order valence-electron chi connectivity index (χ3n) is 4.44. The summed E-state index contributed by atoms with van der Waals surface area (Å²) >= 11 is 0. The molecule has 1 aromatic carbocycles. The first-order valence-corrected chi connectivity index (χ1v) is 7.35. The van der Waals surface area contributed by atoms with Gasteiger partial charge in [0, 0.05) is 0 Å². The highest BCUT2D eigenvalue weighted by atomic mass is 16.5. The van der Waals surface area contributed by atoms with E-state index in [-0.39, 0.29) is 0 Å². The fourth-order valence-corrected chi connectivity index (χ4v) is 3.26. The van der Waals surface area contributed by atoms with Crippen molar-refractivity contribution in [1.29, 1.82) is 0 Å². The van der Waals surface area contributed by atoms with Crippen LogP contribution in [0.4, 0.5) is 0 Å². The zero-order chi connectivity index (χ0) is 12.4. The maximum atomic E-state index is 5.94. The lowest BCUT2D eigenvalue weighted by atomic mass is 9.69. The van der Waals surface area contributed by atoms with Crippen molar-refractivity contribution < 1.29 is 4.74 Å². The van der Waals surface area contributed by atoms with Crippen LogP contribution in [0.5, 0.6) is 5.75 Å². The van der Waals surface area contributed by atoms with Crippen LogP contribution in [-0.2, 0) is 6.42 Å². The molecule has 0 radical (unpaired) electrons. The van der Waals surface area contributed by atoms with E-state index in [2.05, 4.69) is 30.4 Å². The van der Waals surface area contributed by atoms with Gasteiger partial charge in [0.1, 0.15) is 5.75 Å². The van der Waals surface area contributed by atoms with E-state index in [4.69, 9.17) is 4.74 Å². The molecule has 1 aliphatic carbocycles. The maximum absolute atomic E-state index is 5.94. The summed E-state index contributed by atoms with van der Waals surface area (Å²) in [6.07, 6.45) is 5.05. The van der Waals surface area contributed by atoms with Crippen LogP contribution in [0.2, 0.25) is 0 Å². The Bertz CT molecular complexity index is 416. The number of aryl methyl sites for hydroxylation is 1. The van der Waals surface area contributed by atoms with Gasteiger partial charge in [0.2, 0.25) is 0 Å². The summed E-state index contributed by atoms with van der Waals surface area (Å²) in [5, 5.41) is 3.49.